The van der Waals surface area contributed by atoms with Gasteiger partial charge in [0.2, 0.25) is 0 Å². The van der Waals surface area contributed by atoms with E-state index in [2.05, 4.69) is 60.0 Å². The zero-order valence-corrected chi connectivity index (χ0v) is 17.0. The summed E-state index contributed by atoms with van der Waals surface area (Å²) in [5, 5.41) is 7.53. The summed E-state index contributed by atoms with van der Waals surface area (Å²) >= 11 is 1.50. The second-order valence-electron chi connectivity index (χ2n) is 7.04. The van der Waals surface area contributed by atoms with Crippen molar-refractivity contribution in [3.05, 3.63) is 94.9 Å². The number of nitrogen functional groups attached to an aromatic ring is 1. The van der Waals surface area contributed by atoms with Crippen molar-refractivity contribution in [2.24, 2.45) is 0 Å². The molecular weight excluding hydrogens is 378 g/mol. The van der Waals surface area contributed by atoms with E-state index >= 15 is 0 Å². The molecule has 0 saturated heterocycles. The number of hydrogen-bond acceptors (Lipinski definition) is 4. The topological polar surface area (TPSA) is 67.2 Å². The van der Waals surface area contributed by atoms with Crippen LogP contribution in [0, 0.1) is 0 Å². The quantitative estimate of drug-likeness (QED) is 0.369. The van der Waals surface area contributed by atoms with Gasteiger partial charge in [0.1, 0.15) is 0 Å². The van der Waals surface area contributed by atoms with Gasteiger partial charge in [-0.25, -0.2) is 0 Å². The van der Waals surface area contributed by atoms with Gasteiger partial charge in [0.25, 0.3) is 5.91 Å². The fourth-order valence-corrected chi connectivity index (χ4v) is 4.21. The molecule has 0 saturated carbocycles. The fraction of sp³-hybridized carbons (Fsp3) is 0.125. The molecule has 0 aliphatic heterocycles. The molecule has 0 fully saturated rings. The number of benzene rings is 3. The Morgan fingerprint density at radius 3 is 2.55 bits per heavy atom. The zero-order chi connectivity index (χ0) is 20.2. The summed E-state index contributed by atoms with van der Waals surface area (Å²) in [6, 6.07) is 26.1. The van der Waals surface area contributed by atoms with Crippen LogP contribution in [-0.4, -0.2) is 5.91 Å². The number of fused-ring (bicyclic) bond motifs is 1. The maximum absolute atomic E-state index is 12.6. The molecule has 0 aliphatic carbocycles. The second kappa shape index (κ2) is 8.47. The minimum Gasteiger partial charge on any atom is -0.397 e. The first-order chi connectivity index (χ1) is 14.1. The molecule has 4 aromatic rings. The Kier molecular flexibility index (Phi) is 5.60. The summed E-state index contributed by atoms with van der Waals surface area (Å²) < 4.78 is 1.10. The van der Waals surface area contributed by atoms with E-state index < -0.39 is 0 Å². The van der Waals surface area contributed by atoms with Crippen LogP contribution in [0.4, 0.5) is 11.4 Å². The maximum atomic E-state index is 12.6. The van der Waals surface area contributed by atoms with E-state index in [0.717, 1.165) is 16.6 Å². The van der Waals surface area contributed by atoms with Crippen molar-refractivity contribution in [2.75, 3.05) is 11.1 Å². The number of carbonyl (C=O) groups is 1. The van der Waals surface area contributed by atoms with Crippen LogP contribution >= 0.6 is 11.3 Å². The Balaban J connectivity index is 1.48. The first-order valence-corrected chi connectivity index (χ1v) is 10.4. The number of para-hydroxylation sites is 2. The predicted octanol–water partition coefficient (Wildman–Crippen LogP) is 5.59. The number of amides is 1. The normalized spacial score (nSPS) is 12.0. The van der Waals surface area contributed by atoms with Gasteiger partial charge in [-0.3, -0.25) is 4.79 Å². The fourth-order valence-electron chi connectivity index (χ4n) is 3.21. The molecule has 0 aliphatic rings. The molecule has 4 N–H and O–H groups in total. The predicted molar refractivity (Wildman–Crippen MR) is 122 cm³/mol. The minimum absolute atomic E-state index is 0.138. The highest BCUT2D eigenvalue weighted by Gasteiger charge is 2.13. The molecule has 1 unspecified atom stereocenters. The van der Waals surface area contributed by atoms with Crippen LogP contribution in [0.1, 0.15) is 33.8 Å². The molecule has 1 amide bonds. The number of anilines is 2. The van der Waals surface area contributed by atoms with E-state index in [1.54, 1.807) is 12.1 Å². The van der Waals surface area contributed by atoms with Crippen molar-refractivity contribution in [1.29, 1.82) is 0 Å². The lowest BCUT2D eigenvalue weighted by Crippen LogP contribution is -2.17. The van der Waals surface area contributed by atoms with E-state index in [1.807, 2.05) is 24.3 Å². The lowest BCUT2D eigenvalue weighted by molar-refractivity contribution is 0.103. The number of nitrogens with one attached hydrogen (secondary N) is 2. The number of carbonyl (C=O) groups excluding carboxylic acids is 1. The van der Waals surface area contributed by atoms with Crippen molar-refractivity contribution in [1.82, 2.24) is 5.32 Å². The van der Waals surface area contributed by atoms with Gasteiger partial charge < -0.3 is 16.4 Å². The first kappa shape index (κ1) is 19.2. The van der Waals surface area contributed by atoms with Crippen LogP contribution in [0.5, 0.6) is 0 Å². The zero-order valence-electron chi connectivity index (χ0n) is 16.2. The lowest BCUT2D eigenvalue weighted by Gasteiger charge is -2.14. The number of rotatable bonds is 6. The Morgan fingerprint density at radius 1 is 1.00 bits per heavy atom. The van der Waals surface area contributed by atoms with E-state index in [9.17, 15) is 4.79 Å². The Bertz CT molecular complexity index is 1140. The van der Waals surface area contributed by atoms with Crippen LogP contribution in [0.25, 0.3) is 10.1 Å². The Morgan fingerprint density at radius 2 is 1.76 bits per heavy atom. The van der Waals surface area contributed by atoms with E-state index in [-0.39, 0.29) is 11.9 Å². The first-order valence-electron chi connectivity index (χ1n) is 9.57. The third kappa shape index (κ3) is 4.47. The number of hydrogen-bond donors (Lipinski definition) is 3. The van der Waals surface area contributed by atoms with Gasteiger partial charge in [0.15, 0.2) is 0 Å². The number of thiophene rings is 1. The van der Waals surface area contributed by atoms with E-state index in [1.165, 1.54) is 22.5 Å². The second-order valence-corrected chi connectivity index (χ2v) is 8.12. The molecule has 4 rings (SSSR count). The summed E-state index contributed by atoms with van der Waals surface area (Å²) in [4.78, 5) is 13.3. The maximum Gasteiger partial charge on any atom is 0.265 e. The van der Waals surface area contributed by atoms with Gasteiger partial charge >= 0.3 is 0 Å². The largest absolute Gasteiger partial charge is 0.397 e. The molecule has 1 heterocycles. The smallest absolute Gasteiger partial charge is 0.265 e. The van der Waals surface area contributed by atoms with Crippen molar-refractivity contribution in [3.63, 3.8) is 0 Å². The third-order valence-electron chi connectivity index (χ3n) is 4.93. The van der Waals surface area contributed by atoms with Gasteiger partial charge in [0, 0.05) is 17.3 Å². The van der Waals surface area contributed by atoms with Gasteiger partial charge in [-0.15, -0.1) is 11.3 Å². The SMILES string of the molecule is CC(NCc1ccccc1)c1ccc2cc(C(=O)Nc3ccccc3N)sc2c1. The van der Waals surface area contributed by atoms with Crippen LogP contribution < -0.4 is 16.4 Å². The van der Waals surface area contributed by atoms with Crippen LogP contribution in [0.2, 0.25) is 0 Å². The van der Waals surface area contributed by atoms with E-state index in [0.29, 0.717) is 16.3 Å². The molecule has 146 valence electrons. The van der Waals surface area contributed by atoms with Crippen LogP contribution in [0.15, 0.2) is 78.9 Å². The van der Waals surface area contributed by atoms with Crippen molar-refractivity contribution in [3.8, 4) is 0 Å². The Hall–Kier alpha value is -3.15. The number of nitrogens with two attached hydrogens (primary N) is 1. The summed E-state index contributed by atoms with van der Waals surface area (Å²) in [5.74, 6) is -0.138. The summed E-state index contributed by atoms with van der Waals surface area (Å²) in [6.45, 7) is 2.97. The van der Waals surface area contributed by atoms with Gasteiger partial charge in [-0.2, -0.15) is 0 Å². The lowest BCUT2D eigenvalue weighted by atomic mass is 10.1. The average Bonchev–Trinajstić information content (AvgIpc) is 3.18. The molecule has 1 atom stereocenters. The van der Waals surface area contributed by atoms with Crippen molar-refractivity contribution < 1.29 is 4.79 Å². The van der Waals surface area contributed by atoms with Gasteiger partial charge in [-0.05, 0) is 47.7 Å². The molecular formula is C24H23N3OS. The monoisotopic (exact) mass is 401 g/mol. The van der Waals surface area contributed by atoms with Crippen molar-refractivity contribution in [2.45, 2.75) is 19.5 Å². The molecule has 0 spiro atoms. The molecule has 0 radical (unpaired) electrons. The molecule has 4 nitrogen and oxygen atoms in total. The van der Waals surface area contributed by atoms with Gasteiger partial charge in [0.05, 0.1) is 16.3 Å². The summed E-state index contributed by atoms with van der Waals surface area (Å²) in [5.41, 5.74) is 9.58. The highest BCUT2D eigenvalue weighted by Crippen LogP contribution is 2.29. The molecule has 5 heteroatoms. The van der Waals surface area contributed by atoms with Crippen molar-refractivity contribution >= 4 is 38.7 Å². The summed E-state index contributed by atoms with van der Waals surface area (Å²) in [6.07, 6.45) is 0. The molecule has 29 heavy (non-hydrogen) atoms. The van der Waals surface area contributed by atoms with Crippen LogP contribution in [-0.2, 0) is 6.54 Å². The third-order valence-corrected chi connectivity index (χ3v) is 6.03. The molecule has 1 aromatic heterocycles. The average molecular weight is 402 g/mol. The minimum atomic E-state index is -0.138. The van der Waals surface area contributed by atoms with Gasteiger partial charge in [-0.1, -0.05) is 54.6 Å². The van der Waals surface area contributed by atoms with E-state index in [4.69, 9.17) is 5.73 Å². The summed E-state index contributed by atoms with van der Waals surface area (Å²) in [7, 11) is 0. The Labute approximate surface area is 174 Å². The molecule has 0 bridgehead atoms. The standard InChI is InChI=1S/C24H23N3OS/c1-16(26-15-17-7-3-2-4-8-17)18-11-12-19-14-23(29-22(19)13-18)24(28)27-21-10-6-5-9-20(21)25/h2-14,16,26H,15,25H2,1H3,(H,27,28). The molecule has 3 aromatic carbocycles. The van der Waals surface area contributed by atoms with Crippen LogP contribution in [0.3, 0.4) is 0 Å². The highest BCUT2D eigenvalue weighted by atomic mass is 32.1. The highest BCUT2D eigenvalue weighted by molar-refractivity contribution is 7.20.